The van der Waals surface area contributed by atoms with E-state index in [0.29, 0.717) is 6.29 Å². The summed E-state index contributed by atoms with van der Waals surface area (Å²) in [5.74, 6) is -3.21. The molecule has 0 spiro atoms. The van der Waals surface area contributed by atoms with Gasteiger partial charge in [-0.2, -0.15) is 0 Å². The van der Waals surface area contributed by atoms with Crippen LogP contribution < -0.4 is 0 Å². The van der Waals surface area contributed by atoms with Crippen molar-refractivity contribution in [1.82, 2.24) is 0 Å². The van der Waals surface area contributed by atoms with E-state index in [2.05, 4.69) is 0 Å². The second kappa shape index (κ2) is 8.81. The Balaban J connectivity index is 2.30. The molecular weight excluding hydrogens is 448 g/mol. The predicted octanol–water partition coefficient (Wildman–Crippen LogP) is 1.19. The van der Waals surface area contributed by atoms with Crippen LogP contribution in [-0.4, -0.2) is 78.6 Å². The minimum atomic E-state index is -1.91. The number of rotatable bonds is 7. The third-order valence-electron chi connectivity index (χ3n) is 8.29. The van der Waals surface area contributed by atoms with E-state index >= 15 is 0 Å². The molecule has 0 aromatic heterocycles. The Kier molecular flexibility index (Phi) is 7.00. The Hall–Kier alpha value is -1.59. The SMILES string of the molecule is COC(=O)C(C)[C@H]1CCC2(O)C1(C=O)OC1O[C@@H](O)[C@H](OC)C12[C@@H]([C@H](C)OC(C)=O)C(C)(C)C. The average molecular weight is 487 g/mol. The number of hydrogen-bond acceptors (Lipinski definition) is 10. The van der Waals surface area contributed by atoms with Gasteiger partial charge in [-0.25, -0.2) is 0 Å². The van der Waals surface area contributed by atoms with Crippen molar-refractivity contribution in [1.29, 1.82) is 0 Å². The minimum absolute atomic E-state index is 0.0730. The fraction of sp³-hybridized carbons (Fsp3) is 0.875. The number of esters is 2. The number of aliphatic hydroxyl groups is 2. The molecule has 10 nitrogen and oxygen atoms in total. The number of ether oxygens (including phenoxy) is 5. The molecule has 0 radical (unpaired) electrons. The molecule has 0 aromatic rings. The van der Waals surface area contributed by atoms with E-state index in [4.69, 9.17) is 23.7 Å². The second-order valence-corrected chi connectivity index (χ2v) is 11.0. The molecule has 3 rings (SSSR count). The molecule has 2 heterocycles. The Labute approximate surface area is 200 Å². The Morgan fingerprint density at radius 1 is 1.21 bits per heavy atom. The van der Waals surface area contributed by atoms with Gasteiger partial charge in [0.2, 0.25) is 0 Å². The Morgan fingerprint density at radius 3 is 2.29 bits per heavy atom. The topological polar surface area (TPSA) is 138 Å². The number of hydrogen-bond donors (Lipinski definition) is 2. The molecule has 10 heteroatoms. The van der Waals surface area contributed by atoms with Crippen molar-refractivity contribution in [3.63, 3.8) is 0 Å². The largest absolute Gasteiger partial charge is 0.469 e. The highest BCUT2D eigenvalue weighted by Crippen LogP contribution is 2.72. The molecular formula is C24H38O10. The zero-order valence-electron chi connectivity index (χ0n) is 21.2. The van der Waals surface area contributed by atoms with Gasteiger partial charge < -0.3 is 33.9 Å². The van der Waals surface area contributed by atoms with Crippen molar-refractivity contribution >= 4 is 18.2 Å². The van der Waals surface area contributed by atoms with Gasteiger partial charge >= 0.3 is 11.9 Å². The van der Waals surface area contributed by atoms with Crippen LogP contribution in [0.4, 0.5) is 0 Å². The lowest BCUT2D eigenvalue weighted by atomic mass is 9.51. The summed E-state index contributed by atoms with van der Waals surface area (Å²) >= 11 is 0. The minimum Gasteiger partial charge on any atom is -0.469 e. The molecule has 2 N–H and O–H groups in total. The van der Waals surface area contributed by atoms with Crippen LogP contribution in [0, 0.1) is 28.6 Å². The second-order valence-electron chi connectivity index (χ2n) is 11.0. The highest BCUT2D eigenvalue weighted by atomic mass is 16.8. The molecule has 10 atom stereocenters. The number of aliphatic hydroxyl groups excluding tert-OH is 1. The van der Waals surface area contributed by atoms with Crippen molar-refractivity contribution in [3.05, 3.63) is 0 Å². The van der Waals surface area contributed by atoms with Gasteiger partial charge in [0.1, 0.15) is 17.8 Å². The lowest BCUT2D eigenvalue weighted by Crippen LogP contribution is -2.69. The van der Waals surface area contributed by atoms with E-state index in [1.807, 2.05) is 20.8 Å². The summed E-state index contributed by atoms with van der Waals surface area (Å²) in [6, 6.07) is 0. The summed E-state index contributed by atoms with van der Waals surface area (Å²) in [6.45, 7) is 10.4. The van der Waals surface area contributed by atoms with E-state index in [-0.39, 0.29) is 12.8 Å². The standard InChI is InChI=1S/C24H38O10/c1-12(18(27)31-8)15-9-10-23(29)22(15,11-25)34-20-24(23,17(30-7)19(28)33-20)16(21(4,5)6)13(2)32-14(3)26/h11-13,15-17,19-20,28-29H,9-10H2,1-8H3/t12?,13-,15+,16-,17-,19+,20?,22?,23?,24?/m0/s1. The monoisotopic (exact) mass is 486 g/mol. The van der Waals surface area contributed by atoms with Gasteiger partial charge in [0, 0.05) is 25.9 Å². The van der Waals surface area contributed by atoms with Crippen molar-refractivity contribution in [3.8, 4) is 0 Å². The smallest absolute Gasteiger partial charge is 0.308 e. The molecule has 5 unspecified atom stereocenters. The maximum absolute atomic E-state index is 12.8. The van der Waals surface area contributed by atoms with Gasteiger partial charge in [-0.05, 0) is 25.2 Å². The van der Waals surface area contributed by atoms with Gasteiger partial charge in [-0.1, -0.05) is 27.7 Å². The van der Waals surface area contributed by atoms with E-state index in [9.17, 15) is 24.6 Å². The quantitative estimate of drug-likeness (QED) is 0.399. The van der Waals surface area contributed by atoms with Gasteiger partial charge in [0.25, 0.3) is 0 Å². The third-order valence-corrected chi connectivity index (χ3v) is 8.29. The Morgan fingerprint density at radius 2 is 1.82 bits per heavy atom. The van der Waals surface area contributed by atoms with Crippen molar-refractivity contribution < 1.29 is 48.3 Å². The lowest BCUT2D eigenvalue weighted by Gasteiger charge is -2.54. The van der Waals surface area contributed by atoms with Crippen LogP contribution in [-0.2, 0) is 38.1 Å². The number of carbonyl (C=O) groups excluding carboxylic acids is 3. The molecule has 2 aliphatic heterocycles. The predicted molar refractivity (Wildman–Crippen MR) is 117 cm³/mol. The van der Waals surface area contributed by atoms with Crippen LogP contribution in [0.3, 0.4) is 0 Å². The summed E-state index contributed by atoms with van der Waals surface area (Å²) in [7, 11) is 2.64. The van der Waals surface area contributed by atoms with Crippen LogP contribution in [0.2, 0.25) is 0 Å². The molecule has 1 aliphatic carbocycles. The fourth-order valence-electron chi connectivity index (χ4n) is 7.45. The van der Waals surface area contributed by atoms with Gasteiger partial charge in [-0.15, -0.1) is 0 Å². The van der Waals surface area contributed by atoms with Crippen LogP contribution >= 0.6 is 0 Å². The summed E-state index contributed by atoms with van der Waals surface area (Å²) in [4.78, 5) is 37.2. The van der Waals surface area contributed by atoms with Crippen LogP contribution in [0.5, 0.6) is 0 Å². The molecule has 34 heavy (non-hydrogen) atoms. The first kappa shape index (κ1) is 27.0. The molecule has 0 bridgehead atoms. The van der Waals surface area contributed by atoms with Crippen LogP contribution in [0.15, 0.2) is 0 Å². The van der Waals surface area contributed by atoms with Gasteiger partial charge in [0.15, 0.2) is 24.5 Å². The first-order valence-corrected chi connectivity index (χ1v) is 11.7. The highest BCUT2D eigenvalue weighted by Gasteiger charge is 2.86. The number of methoxy groups -OCH3 is 2. The molecule has 0 amide bonds. The third kappa shape index (κ3) is 3.37. The maximum atomic E-state index is 12.8. The molecule has 3 fully saturated rings. The molecule has 0 aromatic carbocycles. The molecule has 194 valence electrons. The fourth-order valence-corrected chi connectivity index (χ4v) is 7.45. The van der Waals surface area contributed by atoms with Crippen molar-refractivity contribution in [2.75, 3.05) is 14.2 Å². The molecule has 1 saturated carbocycles. The molecule has 2 saturated heterocycles. The first-order chi connectivity index (χ1) is 15.7. The van der Waals surface area contributed by atoms with E-state index in [1.165, 1.54) is 21.1 Å². The highest BCUT2D eigenvalue weighted by molar-refractivity contribution is 5.76. The van der Waals surface area contributed by atoms with Gasteiger partial charge in [-0.3, -0.25) is 14.4 Å². The summed E-state index contributed by atoms with van der Waals surface area (Å²) in [6.07, 6.45) is -3.71. The zero-order chi connectivity index (χ0) is 25.9. The number of fused-ring (bicyclic) bond motifs is 3. The summed E-state index contributed by atoms with van der Waals surface area (Å²) in [5.41, 5.74) is -5.90. The van der Waals surface area contributed by atoms with E-state index < -0.39 is 76.5 Å². The number of aldehydes is 1. The van der Waals surface area contributed by atoms with Crippen LogP contribution in [0.25, 0.3) is 0 Å². The normalized spacial score (nSPS) is 41.8. The summed E-state index contributed by atoms with van der Waals surface area (Å²) < 4.78 is 28.3. The Bertz CT molecular complexity index is 823. The van der Waals surface area contributed by atoms with Crippen molar-refractivity contribution in [2.24, 2.45) is 28.6 Å². The van der Waals surface area contributed by atoms with Gasteiger partial charge in [0.05, 0.1) is 18.4 Å². The van der Waals surface area contributed by atoms with Crippen LogP contribution in [0.1, 0.15) is 54.4 Å². The average Bonchev–Trinajstić information content (AvgIpc) is 3.24. The lowest BCUT2D eigenvalue weighted by molar-refractivity contribution is -0.240. The van der Waals surface area contributed by atoms with Crippen molar-refractivity contribution in [2.45, 2.75) is 90.4 Å². The molecule has 3 aliphatic rings. The van der Waals surface area contributed by atoms with E-state index in [1.54, 1.807) is 13.8 Å². The maximum Gasteiger partial charge on any atom is 0.308 e. The van der Waals surface area contributed by atoms with E-state index in [0.717, 1.165) is 0 Å². The first-order valence-electron chi connectivity index (χ1n) is 11.7. The number of carbonyl (C=O) groups is 3. The summed E-state index contributed by atoms with van der Waals surface area (Å²) in [5, 5.41) is 23.4. The zero-order valence-corrected chi connectivity index (χ0v) is 21.2.